The molecule has 1 aliphatic heterocycles. The van der Waals surface area contributed by atoms with Gasteiger partial charge < -0.3 is 14.8 Å². The number of nitrogens with zero attached hydrogens (tertiary/aromatic N) is 1. The third-order valence-electron chi connectivity index (χ3n) is 3.94. The number of amides is 1. The van der Waals surface area contributed by atoms with Crippen LogP contribution in [0.25, 0.3) is 0 Å². The van der Waals surface area contributed by atoms with E-state index in [9.17, 15) is 13.2 Å². The molecular formula is C18H20N2O5S. The van der Waals surface area contributed by atoms with Crippen molar-refractivity contribution < 1.29 is 22.7 Å². The highest BCUT2D eigenvalue weighted by Crippen LogP contribution is 2.35. The van der Waals surface area contributed by atoms with Crippen LogP contribution in [0.2, 0.25) is 0 Å². The van der Waals surface area contributed by atoms with Crippen LogP contribution in [0.15, 0.2) is 48.5 Å². The van der Waals surface area contributed by atoms with E-state index in [4.69, 9.17) is 9.47 Å². The number of carbonyl (C=O) groups excluding carboxylic acids is 1. The molecule has 1 fully saturated rings. The van der Waals surface area contributed by atoms with Crippen LogP contribution < -0.4 is 19.1 Å². The van der Waals surface area contributed by atoms with Crippen LogP contribution in [-0.4, -0.2) is 40.3 Å². The van der Waals surface area contributed by atoms with E-state index >= 15 is 0 Å². The summed E-state index contributed by atoms with van der Waals surface area (Å²) < 4.78 is 36.2. The van der Waals surface area contributed by atoms with E-state index in [1.807, 2.05) is 18.2 Å². The van der Waals surface area contributed by atoms with Gasteiger partial charge in [0, 0.05) is 18.3 Å². The molecule has 0 unspecified atom stereocenters. The Morgan fingerprint density at radius 1 is 1.19 bits per heavy atom. The summed E-state index contributed by atoms with van der Waals surface area (Å²) >= 11 is 0. The van der Waals surface area contributed by atoms with Crippen molar-refractivity contribution in [2.75, 3.05) is 35.6 Å². The van der Waals surface area contributed by atoms with Gasteiger partial charge in [0.15, 0.2) is 6.61 Å². The lowest BCUT2D eigenvalue weighted by Gasteiger charge is -2.20. The zero-order chi connectivity index (χ0) is 18.6. The lowest BCUT2D eigenvalue weighted by molar-refractivity contribution is -0.118. The van der Waals surface area contributed by atoms with Gasteiger partial charge in [0.25, 0.3) is 5.91 Å². The minimum atomic E-state index is -3.30. The molecule has 0 spiro atoms. The number of benzene rings is 2. The summed E-state index contributed by atoms with van der Waals surface area (Å²) in [6.07, 6.45) is 0.584. The molecule has 1 heterocycles. The van der Waals surface area contributed by atoms with Crippen LogP contribution in [0.3, 0.4) is 0 Å². The number of para-hydroxylation sites is 1. The number of nitrogens with one attached hydrogen (secondary N) is 1. The van der Waals surface area contributed by atoms with E-state index in [-0.39, 0.29) is 18.3 Å². The highest BCUT2D eigenvalue weighted by atomic mass is 32.2. The maximum Gasteiger partial charge on any atom is 0.262 e. The standard InChI is InChI=1S/C18H20N2O5S/c1-24-17-12-14(8-9-16(17)20-10-5-11-26(20,22)23)19-18(21)13-25-15-6-3-2-4-7-15/h2-4,6-9,12H,5,10-11,13H2,1H3,(H,19,21). The number of carbonyl (C=O) groups is 1. The quantitative estimate of drug-likeness (QED) is 0.836. The van der Waals surface area contributed by atoms with E-state index in [1.54, 1.807) is 30.3 Å². The second kappa shape index (κ2) is 7.65. The maximum atomic E-state index is 12.1. The number of hydrogen-bond donors (Lipinski definition) is 1. The molecule has 2 aromatic carbocycles. The Hall–Kier alpha value is -2.74. The SMILES string of the molecule is COc1cc(NC(=O)COc2ccccc2)ccc1N1CCCS1(=O)=O. The second-order valence-electron chi connectivity index (χ2n) is 5.78. The van der Waals surface area contributed by atoms with Crippen molar-refractivity contribution in [3.05, 3.63) is 48.5 Å². The number of anilines is 2. The van der Waals surface area contributed by atoms with E-state index in [1.165, 1.54) is 11.4 Å². The summed E-state index contributed by atoms with van der Waals surface area (Å²) in [6, 6.07) is 13.9. The zero-order valence-corrected chi connectivity index (χ0v) is 15.2. The van der Waals surface area contributed by atoms with Gasteiger partial charge in [-0.2, -0.15) is 0 Å². The smallest absolute Gasteiger partial charge is 0.262 e. The van der Waals surface area contributed by atoms with Crippen LogP contribution in [0.4, 0.5) is 11.4 Å². The Balaban J connectivity index is 1.68. The maximum absolute atomic E-state index is 12.1. The molecule has 0 aromatic heterocycles. The van der Waals surface area contributed by atoms with Crippen molar-refractivity contribution in [2.24, 2.45) is 0 Å². The summed E-state index contributed by atoms with van der Waals surface area (Å²) in [5.41, 5.74) is 0.979. The van der Waals surface area contributed by atoms with E-state index in [0.717, 1.165) is 0 Å². The van der Waals surface area contributed by atoms with Crippen molar-refractivity contribution >= 4 is 27.3 Å². The summed E-state index contributed by atoms with van der Waals surface area (Å²) in [7, 11) is -1.84. The van der Waals surface area contributed by atoms with Crippen molar-refractivity contribution in [3.8, 4) is 11.5 Å². The number of hydrogen-bond acceptors (Lipinski definition) is 5. The number of sulfonamides is 1. The Kier molecular flexibility index (Phi) is 5.32. The first-order chi connectivity index (χ1) is 12.5. The van der Waals surface area contributed by atoms with Crippen molar-refractivity contribution in [3.63, 3.8) is 0 Å². The first-order valence-electron chi connectivity index (χ1n) is 8.16. The normalized spacial score (nSPS) is 15.5. The Labute approximate surface area is 152 Å². The summed E-state index contributed by atoms with van der Waals surface area (Å²) in [6.45, 7) is 0.296. The molecule has 0 aliphatic carbocycles. The highest BCUT2D eigenvalue weighted by Gasteiger charge is 2.30. The molecule has 3 rings (SSSR count). The molecule has 26 heavy (non-hydrogen) atoms. The van der Waals surface area contributed by atoms with E-state index < -0.39 is 10.0 Å². The van der Waals surface area contributed by atoms with Crippen LogP contribution in [-0.2, 0) is 14.8 Å². The first kappa shape index (κ1) is 18.1. The number of methoxy groups -OCH3 is 1. The van der Waals surface area contributed by atoms with Crippen LogP contribution in [0.1, 0.15) is 6.42 Å². The van der Waals surface area contributed by atoms with Crippen molar-refractivity contribution in [2.45, 2.75) is 6.42 Å². The van der Waals surface area contributed by atoms with Crippen LogP contribution >= 0.6 is 0 Å². The van der Waals surface area contributed by atoms with Crippen molar-refractivity contribution in [1.82, 2.24) is 0 Å². The van der Waals surface area contributed by atoms with Crippen LogP contribution in [0.5, 0.6) is 11.5 Å². The second-order valence-corrected chi connectivity index (χ2v) is 7.79. The Morgan fingerprint density at radius 3 is 2.62 bits per heavy atom. The molecule has 2 aromatic rings. The Bertz CT molecular complexity index is 884. The first-order valence-corrected chi connectivity index (χ1v) is 9.77. The van der Waals surface area contributed by atoms with Gasteiger partial charge in [-0.15, -0.1) is 0 Å². The minimum Gasteiger partial charge on any atom is -0.494 e. The van der Waals surface area contributed by atoms with Gasteiger partial charge in [-0.1, -0.05) is 18.2 Å². The van der Waals surface area contributed by atoms with Gasteiger partial charge in [-0.3, -0.25) is 9.10 Å². The van der Waals surface area contributed by atoms with Gasteiger partial charge in [0.05, 0.1) is 18.6 Å². The molecular weight excluding hydrogens is 356 g/mol. The van der Waals surface area contributed by atoms with Gasteiger partial charge in [-0.25, -0.2) is 8.42 Å². The van der Waals surface area contributed by atoms with E-state index in [2.05, 4.69) is 5.32 Å². The average Bonchev–Trinajstić information content (AvgIpc) is 2.99. The molecule has 0 saturated carbocycles. The largest absolute Gasteiger partial charge is 0.494 e. The monoisotopic (exact) mass is 376 g/mol. The lowest BCUT2D eigenvalue weighted by Crippen LogP contribution is -2.25. The molecule has 1 saturated heterocycles. The molecule has 8 heteroatoms. The van der Waals surface area contributed by atoms with Crippen LogP contribution in [0, 0.1) is 0 Å². The fourth-order valence-electron chi connectivity index (χ4n) is 2.73. The molecule has 7 nitrogen and oxygen atoms in total. The molecule has 1 N–H and O–H groups in total. The predicted molar refractivity (Wildman–Crippen MR) is 99.3 cm³/mol. The third-order valence-corrected chi connectivity index (χ3v) is 5.80. The fourth-order valence-corrected chi connectivity index (χ4v) is 4.31. The van der Waals surface area contributed by atoms with E-state index in [0.29, 0.717) is 35.8 Å². The topological polar surface area (TPSA) is 84.9 Å². The number of rotatable bonds is 6. The van der Waals surface area contributed by atoms with Gasteiger partial charge in [0.1, 0.15) is 11.5 Å². The summed E-state index contributed by atoms with van der Waals surface area (Å²) in [5, 5.41) is 2.71. The van der Waals surface area contributed by atoms with Gasteiger partial charge in [0.2, 0.25) is 10.0 Å². The molecule has 0 bridgehead atoms. The molecule has 1 amide bonds. The molecule has 138 valence electrons. The predicted octanol–water partition coefficient (Wildman–Crippen LogP) is 2.25. The number of ether oxygens (including phenoxy) is 2. The minimum absolute atomic E-state index is 0.130. The molecule has 0 atom stereocenters. The summed E-state index contributed by atoms with van der Waals surface area (Å²) in [4.78, 5) is 12.0. The van der Waals surface area contributed by atoms with Crippen molar-refractivity contribution in [1.29, 1.82) is 0 Å². The Morgan fingerprint density at radius 2 is 1.96 bits per heavy atom. The average molecular weight is 376 g/mol. The summed E-state index contributed by atoms with van der Waals surface area (Å²) in [5.74, 6) is 0.801. The third kappa shape index (κ3) is 4.08. The lowest BCUT2D eigenvalue weighted by atomic mass is 10.2. The fraction of sp³-hybridized carbons (Fsp3) is 0.278. The molecule has 0 radical (unpaired) electrons. The zero-order valence-electron chi connectivity index (χ0n) is 14.3. The highest BCUT2D eigenvalue weighted by molar-refractivity contribution is 7.93. The molecule has 1 aliphatic rings. The van der Waals surface area contributed by atoms with Gasteiger partial charge in [-0.05, 0) is 30.7 Å². The van der Waals surface area contributed by atoms with Gasteiger partial charge >= 0.3 is 0 Å².